The molecule has 4 N–H and O–H groups in total. The van der Waals surface area contributed by atoms with Gasteiger partial charge in [0.05, 0.1) is 6.54 Å². The number of nitrogens with two attached hydrogens (primary N) is 1. The standard InChI is InChI=1S/C7H16N4O2/c1-3-4-11(7(12)9-2)5-6(8)10-13/h13H,3-5H2,1-2H3,(H2,8,10)(H,9,12). The average Bonchev–Trinajstić information content (AvgIpc) is 2.15. The zero-order valence-corrected chi connectivity index (χ0v) is 7.95. The first-order chi connectivity index (χ1) is 6.15. The van der Waals surface area contributed by atoms with E-state index >= 15 is 0 Å². The van der Waals surface area contributed by atoms with E-state index in [1.54, 1.807) is 0 Å². The van der Waals surface area contributed by atoms with Gasteiger partial charge in [-0.05, 0) is 6.42 Å². The molecule has 0 atom stereocenters. The maximum Gasteiger partial charge on any atom is 0.317 e. The number of amidine groups is 1. The molecule has 2 amide bonds. The smallest absolute Gasteiger partial charge is 0.317 e. The summed E-state index contributed by atoms with van der Waals surface area (Å²) in [5.74, 6) is 0.0250. The van der Waals surface area contributed by atoms with Gasteiger partial charge in [0.1, 0.15) is 0 Å². The number of carbonyl (C=O) groups excluding carboxylic acids is 1. The van der Waals surface area contributed by atoms with Gasteiger partial charge in [-0.3, -0.25) is 0 Å². The van der Waals surface area contributed by atoms with Gasteiger partial charge in [0.25, 0.3) is 0 Å². The highest BCUT2D eigenvalue weighted by Crippen LogP contribution is 1.91. The Kier molecular flexibility index (Phi) is 5.42. The average molecular weight is 188 g/mol. The normalized spacial score (nSPS) is 11.1. The third-order valence-corrected chi connectivity index (χ3v) is 1.48. The van der Waals surface area contributed by atoms with Crippen molar-refractivity contribution in [2.24, 2.45) is 10.9 Å². The minimum Gasteiger partial charge on any atom is -0.409 e. The second kappa shape index (κ2) is 6.10. The van der Waals surface area contributed by atoms with Crippen molar-refractivity contribution in [2.45, 2.75) is 13.3 Å². The van der Waals surface area contributed by atoms with E-state index in [0.717, 1.165) is 6.42 Å². The molecule has 13 heavy (non-hydrogen) atoms. The van der Waals surface area contributed by atoms with Crippen LogP contribution in [0.4, 0.5) is 4.79 Å². The number of nitrogens with one attached hydrogen (secondary N) is 1. The first-order valence-corrected chi connectivity index (χ1v) is 4.08. The van der Waals surface area contributed by atoms with E-state index in [1.165, 1.54) is 11.9 Å². The molecule has 6 nitrogen and oxygen atoms in total. The molecule has 0 heterocycles. The van der Waals surface area contributed by atoms with Crippen LogP contribution >= 0.6 is 0 Å². The Bertz CT molecular complexity index is 193. The molecule has 0 aromatic heterocycles. The second-order valence-electron chi connectivity index (χ2n) is 2.57. The molecule has 0 rings (SSSR count). The van der Waals surface area contributed by atoms with E-state index in [2.05, 4.69) is 10.5 Å². The summed E-state index contributed by atoms with van der Waals surface area (Å²) in [6.07, 6.45) is 0.826. The highest BCUT2D eigenvalue weighted by atomic mass is 16.4. The van der Waals surface area contributed by atoms with Gasteiger partial charge in [0.2, 0.25) is 0 Å². The van der Waals surface area contributed by atoms with Crippen molar-refractivity contribution in [1.82, 2.24) is 10.2 Å². The number of hydrogen-bond acceptors (Lipinski definition) is 3. The Balaban J connectivity index is 4.17. The summed E-state index contributed by atoms with van der Waals surface area (Å²) < 4.78 is 0. The quantitative estimate of drug-likeness (QED) is 0.246. The van der Waals surface area contributed by atoms with Gasteiger partial charge in [0, 0.05) is 13.6 Å². The molecule has 76 valence electrons. The lowest BCUT2D eigenvalue weighted by atomic mass is 10.4. The Morgan fingerprint density at radius 2 is 2.31 bits per heavy atom. The summed E-state index contributed by atoms with van der Waals surface area (Å²) in [6.45, 7) is 2.67. The molecule has 0 aliphatic heterocycles. The zero-order valence-electron chi connectivity index (χ0n) is 7.95. The summed E-state index contributed by atoms with van der Waals surface area (Å²) in [5, 5.41) is 13.6. The number of amides is 2. The van der Waals surface area contributed by atoms with E-state index in [4.69, 9.17) is 10.9 Å². The van der Waals surface area contributed by atoms with Gasteiger partial charge >= 0.3 is 6.03 Å². The third kappa shape index (κ3) is 4.19. The lowest BCUT2D eigenvalue weighted by molar-refractivity contribution is 0.206. The zero-order chi connectivity index (χ0) is 10.3. The van der Waals surface area contributed by atoms with Crippen molar-refractivity contribution < 1.29 is 10.0 Å². The minimum absolute atomic E-state index is 0.0250. The molecule has 0 radical (unpaired) electrons. The molecule has 0 bridgehead atoms. The summed E-state index contributed by atoms with van der Waals surface area (Å²) in [6, 6.07) is -0.228. The first kappa shape index (κ1) is 11.5. The van der Waals surface area contributed by atoms with Crippen molar-refractivity contribution in [1.29, 1.82) is 0 Å². The fourth-order valence-electron chi connectivity index (χ4n) is 0.908. The summed E-state index contributed by atoms with van der Waals surface area (Å²) in [4.78, 5) is 12.6. The van der Waals surface area contributed by atoms with Crippen LogP contribution in [0, 0.1) is 0 Å². The molecule has 0 aromatic rings. The molecule has 0 aromatic carbocycles. The van der Waals surface area contributed by atoms with Crippen LogP contribution in [-0.4, -0.2) is 42.1 Å². The van der Waals surface area contributed by atoms with Crippen LogP contribution in [0.15, 0.2) is 5.16 Å². The van der Waals surface area contributed by atoms with Crippen LogP contribution in [0.25, 0.3) is 0 Å². The van der Waals surface area contributed by atoms with Crippen LogP contribution in [0.2, 0.25) is 0 Å². The Labute approximate surface area is 77.4 Å². The number of oxime groups is 1. The number of urea groups is 1. The lowest BCUT2D eigenvalue weighted by Gasteiger charge is -2.20. The minimum atomic E-state index is -0.228. The molecule has 0 fully saturated rings. The van der Waals surface area contributed by atoms with Crippen molar-refractivity contribution in [3.63, 3.8) is 0 Å². The van der Waals surface area contributed by atoms with Crippen LogP contribution in [0.1, 0.15) is 13.3 Å². The molecule has 0 aliphatic rings. The molecule has 0 saturated heterocycles. The van der Waals surface area contributed by atoms with Crippen molar-refractivity contribution >= 4 is 11.9 Å². The second-order valence-corrected chi connectivity index (χ2v) is 2.57. The Morgan fingerprint density at radius 3 is 2.69 bits per heavy atom. The maximum atomic E-state index is 11.2. The van der Waals surface area contributed by atoms with Gasteiger partial charge in [-0.2, -0.15) is 0 Å². The number of carbonyl (C=O) groups is 1. The third-order valence-electron chi connectivity index (χ3n) is 1.48. The van der Waals surface area contributed by atoms with E-state index in [-0.39, 0.29) is 18.4 Å². The molecule has 0 aliphatic carbocycles. The lowest BCUT2D eigenvalue weighted by Crippen LogP contribution is -2.43. The molecular weight excluding hydrogens is 172 g/mol. The predicted octanol–water partition coefficient (Wildman–Crippen LogP) is -0.216. The SMILES string of the molecule is CCCN(CC(N)=NO)C(=O)NC. The van der Waals surface area contributed by atoms with Gasteiger partial charge in [-0.1, -0.05) is 12.1 Å². The molecule has 6 heteroatoms. The van der Waals surface area contributed by atoms with E-state index in [1.807, 2.05) is 6.92 Å². The van der Waals surface area contributed by atoms with E-state index in [9.17, 15) is 4.79 Å². The highest BCUT2D eigenvalue weighted by Gasteiger charge is 2.11. The first-order valence-electron chi connectivity index (χ1n) is 4.08. The van der Waals surface area contributed by atoms with Crippen LogP contribution in [0.5, 0.6) is 0 Å². The maximum absolute atomic E-state index is 11.2. The molecule has 0 saturated carbocycles. The van der Waals surface area contributed by atoms with E-state index in [0.29, 0.717) is 6.54 Å². The largest absolute Gasteiger partial charge is 0.409 e. The van der Waals surface area contributed by atoms with Crippen LogP contribution < -0.4 is 11.1 Å². The monoisotopic (exact) mass is 188 g/mol. The van der Waals surface area contributed by atoms with Gasteiger partial charge in [-0.15, -0.1) is 0 Å². The van der Waals surface area contributed by atoms with Crippen LogP contribution in [0.3, 0.4) is 0 Å². The predicted molar refractivity (Wildman–Crippen MR) is 49.7 cm³/mol. The fraction of sp³-hybridized carbons (Fsp3) is 0.714. The topological polar surface area (TPSA) is 90.9 Å². The van der Waals surface area contributed by atoms with Crippen LogP contribution in [-0.2, 0) is 0 Å². The van der Waals surface area contributed by atoms with Crippen molar-refractivity contribution in [3.8, 4) is 0 Å². The van der Waals surface area contributed by atoms with Crippen molar-refractivity contribution in [2.75, 3.05) is 20.1 Å². The van der Waals surface area contributed by atoms with Gasteiger partial charge < -0.3 is 21.2 Å². The van der Waals surface area contributed by atoms with Crippen molar-refractivity contribution in [3.05, 3.63) is 0 Å². The molecule has 0 unspecified atom stereocenters. The van der Waals surface area contributed by atoms with E-state index < -0.39 is 0 Å². The molecule has 0 spiro atoms. The number of hydrogen-bond donors (Lipinski definition) is 3. The highest BCUT2D eigenvalue weighted by molar-refractivity contribution is 5.86. The Hall–Kier alpha value is -1.46. The van der Waals surface area contributed by atoms with Gasteiger partial charge in [0.15, 0.2) is 5.84 Å². The summed E-state index contributed by atoms with van der Waals surface area (Å²) >= 11 is 0. The Morgan fingerprint density at radius 1 is 1.69 bits per heavy atom. The van der Waals surface area contributed by atoms with Gasteiger partial charge in [-0.25, -0.2) is 4.79 Å². The molecular formula is C7H16N4O2. The number of rotatable bonds is 4. The number of nitrogens with zero attached hydrogens (tertiary/aromatic N) is 2. The summed E-state index contributed by atoms with van der Waals surface area (Å²) in [5.41, 5.74) is 5.27. The summed E-state index contributed by atoms with van der Waals surface area (Å²) in [7, 11) is 1.54. The fourth-order valence-corrected chi connectivity index (χ4v) is 0.908.